The number of nitrogens with zero attached hydrogens (tertiary/aromatic N) is 1. The lowest BCUT2D eigenvalue weighted by Crippen LogP contribution is -1.96. The summed E-state index contributed by atoms with van der Waals surface area (Å²) < 4.78 is 14.5. The monoisotopic (exact) mass is 369 g/mol. The molecule has 0 radical (unpaired) electrons. The summed E-state index contributed by atoms with van der Waals surface area (Å²) in [6, 6.07) is 20.7. The van der Waals surface area contributed by atoms with Gasteiger partial charge in [-0.25, -0.2) is 9.37 Å². The van der Waals surface area contributed by atoms with Crippen LogP contribution in [-0.4, -0.2) is 15.2 Å². The van der Waals surface area contributed by atoms with E-state index in [1.54, 1.807) is 42.5 Å². The number of hydrogen-bond acceptors (Lipinski definition) is 3. The molecule has 1 aliphatic rings. The molecule has 0 unspecified atom stereocenters. The summed E-state index contributed by atoms with van der Waals surface area (Å²) >= 11 is 0. The highest BCUT2D eigenvalue weighted by Crippen LogP contribution is 2.45. The molecule has 4 heteroatoms. The van der Waals surface area contributed by atoms with Crippen LogP contribution in [-0.2, 0) is 6.42 Å². The van der Waals surface area contributed by atoms with Gasteiger partial charge < -0.3 is 10.2 Å². The minimum absolute atomic E-state index is 0.161. The van der Waals surface area contributed by atoms with Crippen LogP contribution >= 0.6 is 0 Å². The number of benzene rings is 3. The lowest BCUT2D eigenvalue weighted by Gasteiger charge is -2.13. The van der Waals surface area contributed by atoms with Crippen LogP contribution in [0.1, 0.15) is 11.1 Å². The van der Waals surface area contributed by atoms with Gasteiger partial charge in [-0.3, -0.25) is 0 Å². The van der Waals surface area contributed by atoms with Crippen molar-refractivity contribution < 1.29 is 14.6 Å². The molecule has 0 fully saturated rings. The van der Waals surface area contributed by atoms with Crippen molar-refractivity contribution in [1.82, 2.24) is 4.98 Å². The molecular formula is C24H16FNO2. The third-order valence-electron chi connectivity index (χ3n) is 5.18. The molecule has 0 bridgehead atoms. The normalized spacial score (nSPS) is 11.9. The fourth-order valence-electron chi connectivity index (χ4n) is 3.87. The quantitative estimate of drug-likeness (QED) is 0.430. The van der Waals surface area contributed by atoms with E-state index in [4.69, 9.17) is 4.98 Å². The predicted molar refractivity (Wildman–Crippen MR) is 107 cm³/mol. The van der Waals surface area contributed by atoms with Crippen LogP contribution in [0.2, 0.25) is 0 Å². The fraction of sp³-hybridized carbons (Fsp3) is 0.0417. The number of rotatable bonds is 2. The van der Waals surface area contributed by atoms with Crippen molar-refractivity contribution in [2.24, 2.45) is 0 Å². The SMILES string of the molecule is Oc1ccc2c(c1)Cc1c(-c3ccccc3O)cc(-c3ccccc3F)nc1-2. The van der Waals surface area contributed by atoms with Crippen molar-refractivity contribution in [1.29, 1.82) is 0 Å². The molecule has 0 spiro atoms. The largest absolute Gasteiger partial charge is 0.508 e. The number of phenolic OH excluding ortho intramolecular Hbond substituents is 2. The lowest BCUT2D eigenvalue weighted by atomic mass is 9.95. The first-order valence-electron chi connectivity index (χ1n) is 9.01. The lowest BCUT2D eigenvalue weighted by molar-refractivity contribution is 0.474. The number of hydrogen-bond donors (Lipinski definition) is 2. The molecule has 0 aliphatic heterocycles. The molecule has 0 amide bonds. The molecule has 3 aromatic carbocycles. The zero-order valence-electron chi connectivity index (χ0n) is 14.9. The van der Waals surface area contributed by atoms with Crippen LogP contribution in [0.4, 0.5) is 4.39 Å². The third kappa shape index (κ3) is 2.54. The Labute approximate surface area is 161 Å². The molecule has 28 heavy (non-hydrogen) atoms. The molecule has 3 nitrogen and oxygen atoms in total. The molecule has 1 heterocycles. The Bertz CT molecular complexity index is 1230. The Morgan fingerprint density at radius 2 is 1.50 bits per heavy atom. The molecule has 5 rings (SSSR count). The van der Waals surface area contributed by atoms with Gasteiger partial charge in [-0.1, -0.05) is 30.3 Å². The maximum atomic E-state index is 14.5. The smallest absolute Gasteiger partial charge is 0.132 e. The molecule has 4 aromatic rings. The van der Waals surface area contributed by atoms with E-state index in [1.165, 1.54) is 6.07 Å². The van der Waals surface area contributed by atoms with Gasteiger partial charge >= 0.3 is 0 Å². The van der Waals surface area contributed by atoms with E-state index in [-0.39, 0.29) is 17.3 Å². The molecule has 0 atom stereocenters. The number of phenols is 2. The molecule has 0 saturated carbocycles. The Hall–Kier alpha value is -3.66. The van der Waals surface area contributed by atoms with Crippen LogP contribution in [0.3, 0.4) is 0 Å². The summed E-state index contributed by atoms with van der Waals surface area (Å²) in [6.07, 6.45) is 0.591. The Kier molecular flexibility index (Phi) is 3.66. The molecule has 1 aliphatic carbocycles. The topological polar surface area (TPSA) is 53.4 Å². The van der Waals surface area contributed by atoms with E-state index in [1.807, 2.05) is 24.3 Å². The highest BCUT2D eigenvalue weighted by Gasteiger charge is 2.26. The molecular weight excluding hydrogens is 353 g/mol. The Morgan fingerprint density at radius 1 is 0.750 bits per heavy atom. The second-order valence-electron chi connectivity index (χ2n) is 6.90. The number of aromatic hydroxyl groups is 2. The van der Waals surface area contributed by atoms with E-state index in [2.05, 4.69) is 0 Å². The van der Waals surface area contributed by atoms with Crippen LogP contribution in [0.15, 0.2) is 72.8 Å². The van der Waals surface area contributed by atoms with Gasteiger partial charge in [0.1, 0.15) is 17.3 Å². The average Bonchev–Trinajstić information content (AvgIpc) is 3.05. The van der Waals surface area contributed by atoms with E-state index >= 15 is 0 Å². The summed E-state index contributed by atoms with van der Waals surface area (Å²) in [4.78, 5) is 4.77. The second kappa shape index (κ2) is 6.20. The highest BCUT2D eigenvalue weighted by atomic mass is 19.1. The Balaban J connectivity index is 1.82. The minimum atomic E-state index is -0.345. The Morgan fingerprint density at radius 3 is 2.29 bits per heavy atom. The van der Waals surface area contributed by atoms with Gasteiger partial charge in [-0.05, 0) is 59.2 Å². The molecule has 2 N–H and O–H groups in total. The summed E-state index contributed by atoms with van der Waals surface area (Å²) in [6.45, 7) is 0. The van der Waals surface area contributed by atoms with Gasteiger partial charge in [0.2, 0.25) is 0 Å². The first-order valence-corrected chi connectivity index (χ1v) is 9.01. The maximum absolute atomic E-state index is 14.5. The first-order chi connectivity index (χ1) is 13.6. The van der Waals surface area contributed by atoms with Crippen molar-refractivity contribution in [2.75, 3.05) is 0 Å². The van der Waals surface area contributed by atoms with Crippen molar-refractivity contribution in [3.05, 3.63) is 89.7 Å². The van der Waals surface area contributed by atoms with Gasteiger partial charge in [0.05, 0.1) is 11.4 Å². The van der Waals surface area contributed by atoms with Gasteiger partial charge in [0.25, 0.3) is 0 Å². The zero-order chi connectivity index (χ0) is 19.3. The number of fused-ring (bicyclic) bond motifs is 3. The van der Waals surface area contributed by atoms with Gasteiger partial charge in [0, 0.05) is 23.1 Å². The second-order valence-corrected chi connectivity index (χ2v) is 6.90. The van der Waals surface area contributed by atoms with Gasteiger partial charge in [-0.15, -0.1) is 0 Å². The van der Waals surface area contributed by atoms with Gasteiger partial charge in [0.15, 0.2) is 0 Å². The molecule has 136 valence electrons. The first kappa shape index (κ1) is 16.5. The number of pyridine rings is 1. The van der Waals surface area contributed by atoms with Crippen LogP contribution in [0, 0.1) is 5.82 Å². The van der Waals surface area contributed by atoms with Crippen molar-refractivity contribution >= 4 is 0 Å². The maximum Gasteiger partial charge on any atom is 0.132 e. The van der Waals surface area contributed by atoms with E-state index < -0.39 is 0 Å². The summed E-state index contributed by atoms with van der Waals surface area (Å²) in [7, 11) is 0. The van der Waals surface area contributed by atoms with Crippen LogP contribution in [0.5, 0.6) is 11.5 Å². The van der Waals surface area contributed by atoms with Crippen molar-refractivity contribution in [2.45, 2.75) is 6.42 Å². The van der Waals surface area contributed by atoms with Crippen LogP contribution < -0.4 is 0 Å². The summed E-state index contributed by atoms with van der Waals surface area (Å²) in [5, 5.41) is 20.3. The van der Waals surface area contributed by atoms with E-state index in [9.17, 15) is 14.6 Å². The van der Waals surface area contributed by atoms with Crippen LogP contribution in [0.25, 0.3) is 33.6 Å². The van der Waals surface area contributed by atoms with E-state index in [0.29, 0.717) is 23.2 Å². The van der Waals surface area contributed by atoms with Gasteiger partial charge in [-0.2, -0.15) is 0 Å². The molecule has 0 saturated heterocycles. The number of para-hydroxylation sites is 1. The zero-order valence-corrected chi connectivity index (χ0v) is 14.9. The fourth-order valence-corrected chi connectivity index (χ4v) is 3.87. The average molecular weight is 369 g/mol. The minimum Gasteiger partial charge on any atom is -0.508 e. The summed E-state index contributed by atoms with van der Waals surface area (Å²) in [5.74, 6) is 0.0151. The van der Waals surface area contributed by atoms with Crippen molar-refractivity contribution in [3.63, 3.8) is 0 Å². The molecule has 1 aromatic heterocycles. The highest BCUT2D eigenvalue weighted by molar-refractivity contribution is 5.87. The van der Waals surface area contributed by atoms with E-state index in [0.717, 1.165) is 27.9 Å². The predicted octanol–water partition coefficient (Wildman–Crippen LogP) is 5.54. The summed E-state index contributed by atoms with van der Waals surface area (Å²) in [5.41, 5.74) is 6.02. The third-order valence-corrected chi connectivity index (χ3v) is 5.18. The number of aromatic nitrogens is 1. The van der Waals surface area contributed by atoms with Crippen molar-refractivity contribution in [3.8, 4) is 45.1 Å². The number of halogens is 1. The standard InChI is InChI=1S/C24H16FNO2/c25-21-7-3-1-6-18(21)22-13-19(17-5-2-4-8-23(17)28)20-12-14-11-15(27)9-10-16(14)24(20)26-22/h1-11,13,27-28H,12H2.